The van der Waals surface area contributed by atoms with Gasteiger partial charge < -0.3 is 10.2 Å². The summed E-state index contributed by atoms with van der Waals surface area (Å²) in [7, 11) is 0. The van der Waals surface area contributed by atoms with Gasteiger partial charge in [0.1, 0.15) is 5.41 Å². The van der Waals surface area contributed by atoms with Gasteiger partial charge >= 0.3 is 0 Å². The summed E-state index contributed by atoms with van der Waals surface area (Å²) in [5.41, 5.74) is 0.284. The fourth-order valence-electron chi connectivity index (χ4n) is 3.40. The van der Waals surface area contributed by atoms with Crippen molar-refractivity contribution in [3.8, 4) is 0 Å². The SMILES string of the molecule is CC(NC(=O)C1(C(=O)N2CCCCCC2)CC1)c1ccccc1. The van der Waals surface area contributed by atoms with Crippen LogP contribution in [0.15, 0.2) is 30.3 Å². The Balaban J connectivity index is 1.65. The zero-order valence-corrected chi connectivity index (χ0v) is 13.9. The van der Waals surface area contributed by atoms with Crippen molar-refractivity contribution >= 4 is 11.8 Å². The van der Waals surface area contributed by atoms with E-state index in [1.165, 1.54) is 12.8 Å². The molecule has 23 heavy (non-hydrogen) atoms. The minimum Gasteiger partial charge on any atom is -0.349 e. The Morgan fingerprint density at radius 2 is 1.65 bits per heavy atom. The van der Waals surface area contributed by atoms with Crippen LogP contribution in [0.5, 0.6) is 0 Å². The molecule has 3 rings (SSSR count). The summed E-state index contributed by atoms with van der Waals surface area (Å²) in [5.74, 6) is -0.0414. The van der Waals surface area contributed by atoms with Crippen molar-refractivity contribution in [3.63, 3.8) is 0 Å². The fraction of sp³-hybridized carbons (Fsp3) is 0.579. The monoisotopic (exact) mass is 314 g/mol. The molecule has 0 radical (unpaired) electrons. The molecule has 1 saturated heterocycles. The molecule has 124 valence electrons. The van der Waals surface area contributed by atoms with E-state index in [4.69, 9.17) is 0 Å². The highest BCUT2D eigenvalue weighted by Crippen LogP contribution is 2.48. The highest BCUT2D eigenvalue weighted by Gasteiger charge is 2.58. The van der Waals surface area contributed by atoms with Crippen molar-refractivity contribution < 1.29 is 9.59 Å². The number of likely N-dealkylation sites (tertiary alicyclic amines) is 1. The second-order valence-corrected chi connectivity index (χ2v) is 6.89. The molecule has 2 fully saturated rings. The first-order valence-electron chi connectivity index (χ1n) is 8.79. The summed E-state index contributed by atoms with van der Waals surface area (Å²) in [5, 5.41) is 3.05. The van der Waals surface area contributed by atoms with Crippen molar-refractivity contribution in [2.75, 3.05) is 13.1 Å². The van der Waals surface area contributed by atoms with E-state index >= 15 is 0 Å². The van der Waals surface area contributed by atoms with Gasteiger partial charge in [-0.05, 0) is 38.2 Å². The standard InChI is InChI=1S/C19H26N2O2/c1-15(16-9-5-4-6-10-16)20-17(22)19(11-12-19)18(23)21-13-7-2-3-8-14-21/h4-6,9-10,15H,2-3,7-8,11-14H2,1H3,(H,20,22). The van der Waals surface area contributed by atoms with Gasteiger partial charge in [0, 0.05) is 13.1 Å². The molecular weight excluding hydrogens is 288 g/mol. The highest BCUT2D eigenvalue weighted by molar-refractivity contribution is 6.08. The maximum Gasteiger partial charge on any atom is 0.238 e. The van der Waals surface area contributed by atoms with Crippen LogP contribution in [-0.2, 0) is 9.59 Å². The van der Waals surface area contributed by atoms with Gasteiger partial charge in [-0.2, -0.15) is 0 Å². The highest BCUT2D eigenvalue weighted by atomic mass is 16.2. The molecule has 1 saturated carbocycles. The minimum atomic E-state index is -0.784. The number of rotatable bonds is 4. The van der Waals surface area contributed by atoms with Crippen LogP contribution in [0, 0.1) is 5.41 Å². The fourth-order valence-corrected chi connectivity index (χ4v) is 3.40. The van der Waals surface area contributed by atoms with Crippen LogP contribution in [0.4, 0.5) is 0 Å². The number of nitrogens with one attached hydrogen (secondary N) is 1. The van der Waals surface area contributed by atoms with Gasteiger partial charge in [0.25, 0.3) is 0 Å². The summed E-state index contributed by atoms with van der Waals surface area (Å²) in [6.07, 6.45) is 5.88. The lowest BCUT2D eigenvalue weighted by Gasteiger charge is -2.26. The van der Waals surface area contributed by atoms with Crippen LogP contribution in [0.1, 0.15) is 57.1 Å². The van der Waals surface area contributed by atoms with Crippen LogP contribution in [0.25, 0.3) is 0 Å². The van der Waals surface area contributed by atoms with E-state index in [1.54, 1.807) is 0 Å². The molecule has 2 aliphatic rings. The van der Waals surface area contributed by atoms with Crippen molar-refractivity contribution in [1.82, 2.24) is 10.2 Å². The lowest BCUT2D eigenvalue weighted by atomic mass is 10.0. The smallest absolute Gasteiger partial charge is 0.238 e. The predicted octanol–water partition coefficient (Wildman–Crippen LogP) is 3.05. The third-order valence-electron chi connectivity index (χ3n) is 5.13. The number of hydrogen-bond donors (Lipinski definition) is 1. The first-order chi connectivity index (χ1) is 11.1. The molecule has 1 aromatic rings. The second-order valence-electron chi connectivity index (χ2n) is 6.89. The molecule has 4 nitrogen and oxygen atoms in total. The maximum absolute atomic E-state index is 12.9. The van der Waals surface area contributed by atoms with E-state index in [-0.39, 0.29) is 17.9 Å². The molecule has 1 heterocycles. The first kappa shape index (κ1) is 16.0. The van der Waals surface area contributed by atoms with Crippen LogP contribution < -0.4 is 5.32 Å². The first-order valence-corrected chi connectivity index (χ1v) is 8.79. The van der Waals surface area contributed by atoms with E-state index in [9.17, 15) is 9.59 Å². The second kappa shape index (κ2) is 6.73. The third kappa shape index (κ3) is 3.41. The summed E-state index contributed by atoms with van der Waals surface area (Å²) < 4.78 is 0. The largest absolute Gasteiger partial charge is 0.349 e. The number of carbonyl (C=O) groups is 2. The Labute approximate surface area is 138 Å². The Morgan fingerprint density at radius 1 is 1.04 bits per heavy atom. The number of nitrogens with zero attached hydrogens (tertiary/aromatic N) is 1. The van der Waals surface area contributed by atoms with Gasteiger partial charge in [-0.3, -0.25) is 9.59 Å². The van der Waals surface area contributed by atoms with Crippen LogP contribution in [0.2, 0.25) is 0 Å². The molecule has 0 aromatic heterocycles. The molecule has 2 amide bonds. The van der Waals surface area contributed by atoms with Crippen molar-refractivity contribution in [3.05, 3.63) is 35.9 Å². The predicted molar refractivity (Wildman–Crippen MR) is 89.7 cm³/mol. The third-order valence-corrected chi connectivity index (χ3v) is 5.13. The summed E-state index contributed by atoms with van der Waals surface area (Å²) >= 11 is 0. The number of hydrogen-bond acceptors (Lipinski definition) is 2. The minimum absolute atomic E-state index is 0.0529. The van der Waals surface area contributed by atoms with Crippen molar-refractivity contribution in [2.45, 2.75) is 51.5 Å². The van der Waals surface area contributed by atoms with E-state index in [1.807, 2.05) is 42.2 Å². The molecule has 1 aliphatic heterocycles. The Kier molecular flexibility index (Phi) is 4.69. The molecule has 4 heteroatoms. The maximum atomic E-state index is 12.9. The summed E-state index contributed by atoms with van der Waals surface area (Å²) in [6.45, 7) is 3.59. The van der Waals surface area contributed by atoms with Gasteiger partial charge in [-0.25, -0.2) is 0 Å². The van der Waals surface area contributed by atoms with Gasteiger partial charge in [0.2, 0.25) is 11.8 Å². The van der Waals surface area contributed by atoms with E-state index in [0.29, 0.717) is 12.8 Å². The van der Waals surface area contributed by atoms with E-state index in [2.05, 4.69) is 5.32 Å². The van der Waals surface area contributed by atoms with Crippen LogP contribution in [-0.4, -0.2) is 29.8 Å². The van der Waals surface area contributed by atoms with Crippen molar-refractivity contribution in [1.29, 1.82) is 0 Å². The number of amides is 2. The molecule has 1 aliphatic carbocycles. The molecular formula is C19H26N2O2. The van der Waals surface area contributed by atoms with Crippen LogP contribution in [0.3, 0.4) is 0 Å². The van der Waals surface area contributed by atoms with E-state index in [0.717, 1.165) is 31.5 Å². The zero-order valence-electron chi connectivity index (χ0n) is 13.9. The normalized spacial score (nSPS) is 21.2. The Morgan fingerprint density at radius 3 is 2.22 bits per heavy atom. The van der Waals surface area contributed by atoms with Gasteiger partial charge in [-0.15, -0.1) is 0 Å². The lowest BCUT2D eigenvalue weighted by Crippen LogP contribution is -2.46. The quantitative estimate of drug-likeness (QED) is 0.868. The van der Waals surface area contributed by atoms with E-state index < -0.39 is 5.41 Å². The van der Waals surface area contributed by atoms with Gasteiger partial charge in [0.05, 0.1) is 6.04 Å². The molecule has 0 spiro atoms. The molecule has 0 bridgehead atoms. The van der Waals surface area contributed by atoms with Crippen molar-refractivity contribution in [2.24, 2.45) is 5.41 Å². The molecule has 1 aromatic carbocycles. The lowest BCUT2D eigenvalue weighted by molar-refractivity contribution is -0.144. The molecule has 1 N–H and O–H groups in total. The van der Waals surface area contributed by atoms with Crippen LogP contribution >= 0.6 is 0 Å². The average Bonchev–Trinajstić information content (AvgIpc) is 3.40. The molecule has 1 unspecified atom stereocenters. The van der Waals surface area contributed by atoms with Gasteiger partial charge in [0.15, 0.2) is 0 Å². The summed E-state index contributed by atoms with van der Waals surface area (Å²) in [4.78, 5) is 27.5. The zero-order chi connectivity index (χ0) is 16.3. The number of carbonyl (C=O) groups excluding carboxylic acids is 2. The Bertz CT molecular complexity index is 558. The topological polar surface area (TPSA) is 49.4 Å². The number of benzene rings is 1. The summed E-state index contributed by atoms with van der Waals surface area (Å²) in [6, 6.07) is 9.82. The average molecular weight is 314 g/mol. The molecule has 1 atom stereocenters. The van der Waals surface area contributed by atoms with Gasteiger partial charge in [-0.1, -0.05) is 43.2 Å². The Hall–Kier alpha value is -1.84.